The molecule has 0 saturated carbocycles. The van der Waals surface area contributed by atoms with Gasteiger partial charge in [-0.05, 0) is 18.5 Å². The number of carbonyl (C=O) groups excluding carboxylic acids is 1. The molecule has 0 aliphatic heterocycles. The van der Waals surface area contributed by atoms with Crippen molar-refractivity contribution in [3.05, 3.63) is 11.5 Å². The lowest BCUT2D eigenvalue weighted by Crippen LogP contribution is -2.25. The fourth-order valence-corrected chi connectivity index (χ4v) is 1.22. The smallest absolute Gasteiger partial charge is 0.224 e. The van der Waals surface area contributed by atoms with E-state index < -0.39 is 0 Å². The molecule has 4 N–H and O–H groups in total. The van der Waals surface area contributed by atoms with E-state index in [-0.39, 0.29) is 11.2 Å². The third kappa shape index (κ3) is 3.90. The molecule has 16 heavy (non-hydrogen) atoms. The molecule has 0 spiro atoms. The maximum atomic E-state index is 11.1. The van der Waals surface area contributed by atoms with Crippen molar-refractivity contribution in [1.82, 2.24) is 15.3 Å². The number of nitrogen functional groups attached to an aromatic ring is 1. The van der Waals surface area contributed by atoms with Gasteiger partial charge in [0.1, 0.15) is 0 Å². The van der Waals surface area contributed by atoms with Crippen LogP contribution in [0.25, 0.3) is 0 Å². The van der Waals surface area contributed by atoms with Crippen molar-refractivity contribution in [2.24, 2.45) is 0 Å². The molecule has 1 rings (SSSR count). The van der Waals surface area contributed by atoms with Crippen LogP contribution in [-0.2, 0) is 4.79 Å². The lowest BCUT2D eigenvalue weighted by atomic mass is 10.4. The number of rotatable bonds is 5. The van der Waals surface area contributed by atoms with E-state index in [2.05, 4.69) is 20.6 Å². The molecule has 88 valence electrons. The zero-order chi connectivity index (χ0) is 12.0. The second-order valence-corrected chi connectivity index (χ2v) is 3.41. The topological polar surface area (TPSA) is 92.9 Å². The number of nitrogens with one attached hydrogen (secondary N) is 2. The standard InChI is InChI=1S/C9H14ClN5O/c1-2-12-7(16)3-4-13-8-6(11)5-14-9(10)15-8/h5H,2-4,11H2,1H3,(H,12,16)(H,13,14,15). The maximum absolute atomic E-state index is 11.1. The van der Waals surface area contributed by atoms with Crippen LogP contribution in [0, 0.1) is 0 Å². The molecular weight excluding hydrogens is 230 g/mol. The van der Waals surface area contributed by atoms with E-state index in [1.807, 2.05) is 6.92 Å². The highest BCUT2D eigenvalue weighted by Gasteiger charge is 2.04. The van der Waals surface area contributed by atoms with Crippen molar-refractivity contribution in [1.29, 1.82) is 0 Å². The van der Waals surface area contributed by atoms with E-state index in [4.69, 9.17) is 17.3 Å². The number of aromatic nitrogens is 2. The highest BCUT2D eigenvalue weighted by Crippen LogP contribution is 2.15. The molecular formula is C9H14ClN5O. The second-order valence-electron chi connectivity index (χ2n) is 3.07. The number of nitrogens with two attached hydrogens (primary N) is 1. The number of amides is 1. The molecule has 0 radical (unpaired) electrons. The first-order chi connectivity index (χ1) is 7.63. The van der Waals surface area contributed by atoms with Gasteiger partial charge in [0.15, 0.2) is 5.82 Å². The second kappa shape index (κ2) is 6.12. The summed E-state index contributed by atoms with van der Waals surface area (Å²) >= 11 is 5.61. The van der Waals surface area contributed by atoms with Crippen LogP contribution in [0.3, 0.4) is 0 Å². The lowest BCUT2D eigenvalue weighted by Gasteiger charge is -2.07. The Kier molecular flexibility index (Phi) is 4.78. The first-order valence-corrected chi connectivity index (χ1v) is 5.30. The van der Waals surface area contributed by atoms with Crippen LogP contribution in [0.2, 0.25) is 5.28 Å². The highest BCUT2D eigenvalue weighted by molar-refractivity contribution is 6.28. The van der Waals surface area contributed by atoms with Gasteiger partial charge in [0.2, 0.25) is 11.2 Å². The molecule has 0 bridgehead atoms. The number of carbonyl (C=O) groups is 1. The molecule has 0 aliphatic carbocycles. The van der Waals surface area contributed by atoms with E-state index in [1.54, 1.807) is 0 Å². The van der Waals surface area contributed by atoms with E-state index >= 15 is 0 Å². The van der Waals surface area contributed by atoms with Gasteiger partial charge in [0, 0.05) is 19.5 Å². The molecule has 1 amide bonds. The minimum atomic E-state index is -0.0197. The van der Waals surface area contributed by atoms with E-state index in [1.165, 1.54) is 6.20 Å². The third-order valence-electron chi connectivity index (χ3n) is 1.81. The molecule has 0 saturated heterocycles. The minimum absolute atomic E-state index is 0.0197. The normalized spacial score (nSPS) is 9.88. The Balaban J connectivity index is 2.42. The van der Waals surface area contributed by atoms with Crippen LogP contribution in [0.1, 0.15) is 13.3 Å². The van der Waals surface area contributed by atoms with Crippen molar-refractivity contribution in [3.8, 4) is 0 Å². The Morgan fingerprint density at radius 1 is 1.62 bits per heavy atom. The van der Waals surface area contributed by atoms with Gasteiger partial charge in [-0.3, -0.25) is 4.79 Å². The van der Waals surface area contributed by atoms with Gasteiger partial charge in [-0.1, -0.05) is 0 Å². The summed E-state index contributed by atoms with van der Waals surface area (Å²) in [5, 5.41) is 5.73. The molecule has 7 heteroatoms. The fraction of sp³-hybridized carbons (Fsp3) is 0.444. The van der Waals surface area contributed by atoms with Crippen LogP contribution in [0.4, 0.5) is 11.5 Å². The molecule has 0 aromatic carbocycles. The zero-order valence-electron chi connectivity index (χ0n) is 8.96. The Morgan fingerprint density at radius 2 is 2.38 bits per heavy atom. The largest absolute Gasteiger partial charge is 0.394 e. The summed E-state index contributed by atoms with van der Waals surface area (Å²) < 4.78 is 0. The Bertz CT molecular complexity index is 371. The van der Waals surface area contributed by atoms with E-state index in [9.17, 15) is 4.79 Å². The lowest BCUT2D eigenvalue weighted by molar-refractivity contribution is -0.120. The van der Waals surface area contributed by atoms with Crippen LogP contribution in [-0.4, -0.2) is 29.0 Å². The van der Waals surface area contributed by atoms with Crippen LogP contribution < -0.4 is 16.4 Å². The SMILES string of the molecule is CCNC(=O)CCNc1nc(Cl)ncc1N. The Labute approximate surface area is 98.6 Å². The van der Waals surface area contributed by atoms with Gasteiger partial charge >= 0.3 is 0 Å². The average molecular weight is 244 g/mol. The third-order valence-corrected chi connectivity index (χ3v) is 1.99. The Hall–Kier alpha value is -1.56. The van der Waals surface area contributed by atoms with Gasteiger partial charge in [-0.25, -0.2) is 4.98 Å². The molecule has 0 unspecified atom stereocenters. The average Bonchev–Trinajstić information content (AvgIpc) is 2.23. The monoisotopic (exact) mass is 243 g/mol. The number of hydrogen-bond acceptors (Lipinski definition) is 5. The molecule has 0 atom stereocenters. The number of hydrogen-bond donors (Lipinski definition) is 3. The summed E-state index contributed by atoms with van der Waals surface area (Å²) in [7, 11) is 0. The maximum Gasteiger partial charge on any atom is 0.224 e. The summed E-state index contributed by atoms with van der Waals surface area (Å²) in [5.74, 6) is 0.429. The van der Waals surface area contributed by atoms with Crippen molar-refractivity contribution in [2.45, 2.75) is 13.3 Å². The van der Waals surface area contributed by atoms with Crippen molar-refractivity contribution >= 4 is 29.0 Å². The van der Waals surface area contributed by atoms with Crippen LogP contribution in [0.15, 0.2) is 6.20 Å². The summed E-state index contributed by atoms with van der Waals surface area (Å²) in [5.41, 5.74) is 6.02. The van der Waals surface area contributed by atoms with Crippen molar-refractivity contribution < 1.29 is 4.79 Å². The summed E-state index contributed by atoms with van der Waals surface area (Å²) in [6.07, 6.45) is 1.78. The summed E-state index contributed by atoms with van der Waals surface area (Å²) in [6.45, 7) is 2.94. The predicted octanol–water partition coefficient (Wildman–Crippen LogP) is 0.650. The zero-order valence-corrected chi connectivity index (χ0v) is 9.71. The minimum Gasteiger partial charge on any atom is -0.394 e. The van der Waals surface area contributed by atoms with Gasteiger partial charge in [-0.2, -0.15) is 4.98 Å². The van der Waals surface area contributed by atoms with Gasteiger partial charge < -0.3 is 16.4 Å². The van der Waals surface area contributed by atoms with E-state index in [0.29, 0.717) is 31.0 Å². The number of halogens is 1. The van der Waals surface area contributed by atoms with Gasteiger partial charge in [0.05, 0.1) is 11.9 Å². The first kappa shape index (κ1) is 12.5. The molecule has 0 fully saturated rings. The van der Waals surface area contributed by atoms with Crippen molar-refractivity contribution in [2.75, 3.05) is 24.1 Å². The predicted molar refractivity (Wildman–Crippen MR) is 63.2 cm³/mol. The van der Waals surface area contributed by atoms with Gasteiger partial charge in [0.25, 0.3) is 0 Å². The molecule has 0 aliphatic rings. The molecule has 1 heterocycles. The summed E-state index contributed by atoms with van der Waals surface area (Å²) in [4.78, 5) is 18.8. The fourth-order valence-electron chi connectivity index (χ4n) is 1.09. The highest BCUT2D eigenvalue weighted by atomic mass is 35.5. The number of nitrogens with zero attached hydrogens (tertiary/aromatic N) is 2. The number of anilines is 2. The molecule has 1 aromatic rings. The van der Waals surface area contributed by atoms with Crippen molar-refractivity contribution in [3.63, 3.8) is 0 Å². The van der Waals surface area contributed by atoms with Crippen LogP contribution >= 0.6 is 11.6 Å². The summed E-state index contributed by atoms with van der Waals surface area (Å²) in [6, 6.07) is 0. The first-order valence-electron chi connectivity index (χ1n) is 4.92. The van der Waals surface area contributed by atoms with Gasteiger partial charge in [-0.15, -0.1) is 0 Å². The van der Waals surface area contributed by atoms with E-state index in [0.717, 1.165) is 0 Å². The molecule has 6 nitrogen and oxygen atoms in total. The molecule has 1 aromatic heterocycles. The van der Waals surface area contributed by atoms with Crippen LogP contribution in [0.5, 0.6) is 0 Å². The Morgan fingerprint density at radius 3 is 3.06 bits per heavy atom. The quantitative estimate of drug-likeness (QED) is 0.661.